The Balaban J connectivity index is 1.35. The maximum atomic E-state index is 13.1. The summed E-state index contributed by atoms with van der Waals surface area (Å²) in [5.41, 5.74) is 3.05. The number of fused-ring (bicyclic) bond motifs is 2. The van der Waals surface area contributed by atoms with Gasteiger partial charge in [-0.05, 0) is 47.4 Å². The van der Waals surface area contributed by atoms with Gasteiger partial charge in [0.1, 0.15) is 6.54 Å². The molecule has 3 aromatic carbocycles. The molecule has 0 aromatic heterocycles. The van der Waals surface area contributed by atoms with E-state index in [-0.39, 0.29) is 23.8 Å². The van der Waals surface area contributed by atoms with Gasteiger partial charge in [0, 0.05) is 15.4 Å². The van der Waals surface area contributed by atoms with Crippen LogP contribution in [0, 0.1) is 0 Å². The molecule has 0 saturated carbocycles. The minimum absolute atomic E-state index is 0.0145. The number of amides is 2. The summed E-state index contributed by atoms with van der Waals surface area (Å²) in [6, 6.07) is 22.5. The SMILES string of the molecule is CC(C)(C)c1ccc(C(=O)NCC(=O)OCC(=O)N2c3ccccc3Sc3ccccc32)cc1. The van der Waals surface area contributed by atoms with E-state index in [2.05, 4.69) is 26.1 Å². The Labute approximate surface area is 203 Å². The van der Waals surface area contributed by atoms with E-state index in [9.17, 15) is 14.4 Å². The molecular weight excluding hydrogens is 448 g/mol. The van der Waals surface area contributed by atoms with Gasteiger partial charge in [0.25, 0.3) is 11.8 Å². The van der Waals surface area contributed by atoms with E-state index in [1.54, 1.807) is 28.8 Å². The third kappa shape index (κ3) is 5.15. The second kappa shape index (κ2) is 9.73. The molecule has 34 heavy (non-hydrogen) atoms. The lowest BCUT2D eigenvalue weighted by molar-refractivity contribution is -0.146. The predicted molar refractivity (Wildman–Crippen MR) is 133 cm³/mol. The molecule has 1 heterocycles. The van der Waals surface area contributed by atoms with Gasteiger partial charge in [0.05, 0.1) is 11.4 Å². The summed E-state index contributed by atoms with van der Waals surface area (Å²) in [4.78, 5) is 41.1. The summed E-state index contributed by atoms with van der Waals surface area (Å²) >= 11 is 1.59. The van der Waals surface area contributed by atoms with Gasteiger partial charge < -0.3 is 10.1 Å². The fourth-order valence-electron chi connectivity index (χ4n) is 3.61. The minimum Gasteiger partial charge on any atom is -0.454 e. The average molecular weight is 475 g/mol. The van der Waals surface area contributed by atoms with Crippen LogP contribution in [0.3, 0.4) is 0 Å². The van der Waals surface area contributed by atoms with Crippen LogP contribution in [-0.2, 0) is 19.7 Å². The van der Waals surface area contributed by atoms with Crippen LogP contribution < -0.4 is 10.2 Å². The zero-order valence-electron chi connectivity index (χ0n) is 19.3. The molecular formula is C27H26N2O4S. The van der Waals surface area contributed by atoms with Crippen LogP contribution in [0.15, 0.2) is 82.6 Å². The lowest BCUT2D eigenvalue weighted by Gasteiger charge is -2.30. The molecule has 4 rings (SSSR count). The maximum absolute atomic E-state index is 13.1. The minimum atomic E-state index is -0.680. The van der Waals surface area contributed by atoms with E-state index in [1.807, 2.05) is 60.7 Å². The highest BCUT2D eigenvalue weighted by Crippen LogP contribution is 2.47. The zero-order valence-corrected chi connectivity index (χ0v) is 20.1. The third-order valence-corrected chi connectivity index (χ3v) is 6.57. The molecule has 0 spiro atoms. The summed E-state index contributed by atoms with van der Waals surface area (Å²) in [5, 5.41) is 2.55. The lowest BCUT2D eigenvalue weighted by Crippen LogP contribution is -2.35. The topological polar surface area (TPSA) is 75.7 Å². The van der Waals surface area contributed by atoms with Crippen LogP contribution >= 0.6 is 11.8 Å². The molecule has 1 N–H and O–H groups in total. The normalized spacial score (nSPS) is 12.4. The number of nitrogens with one attached hydrogen (secondary N) is 1. The van der Waals surface area contributed by atoms with Crippen LogP contribution in [0.5, 0.6) is 0 Å². The largest absolute Gasteiger partial charge is 0.454 e. The van der Waals surface area contributed by atoms with Crippen molar-refractivity contribution in [1.82, 2.24) is 5.32 Å². The number of ether oxygens (including phenoxy) is 1. The molecule has 7 heteroatoms. The number of rotatable bonds is 5. The van der Waals surface area contributed by atoms with E-state index < -0.39 is 12.6 Å². The Morgan fingerprint density at radius 2 is 1.41 bits per heavy atom. The molecule has 0 bridgehead atoms. The van der Waals surface area contributed by atoms with Crippen LogP contribution in [-0.4, -0.2) is 30.9 Å². The van der Waals surface area contributed by atoms with Crippen LogP contribution in [0.25, 0.3) is 0 Å². The monoisotopic (exact) mass is 474 g/mol. The number of carbonyl (C=O) groups is 3. The van der Waals surface area contributed by atoms with Crippen molar-refractivity contribution in [2.45, 2.75) is 36.0 Å². The maximum Gasteiger partial charge on any atom is 0.325 e. The fourth-order valence-corrected chi connectivity index (χ4v) is 4.67. The number of anilines is 2. The Morgan fingerprint density at radius 3 is 1.97 bits per heavy atom. The molecule has 0 saturated heterocycles. The highest BCUT2D eigenvalue weighted by atomic mass is 32.2. The van der Waals surface area contributed by atoms with E-state index in [4.69, 9.17) is 4.74 Å². The van der Waals surface area contributed by atoms with Crippen LogP contribution in [0.4, 0.5) is 11.4 Å². The number of carbonyl (C=O) groups excluding carboxylic acids is 3. The Morgan fingerprint density at radius 1 is 0.853 bits per heavy atom. The second-order valence-corrected chi connectivity index (χ2v) is 10.0. The predicted octanol–water partition coefficient (Wildman–Crippen LogP) is 5.09. The van der Waals surface area contributed by atoms with Crippen molar-refractivity contribution in [2.24, 2.45) is 0 Å². The molecule has 174 valence electrons. The van der Waals surface area contributed by atoms with E-state index in [0.29, 0.717) is 5.56 Å². The van der Waals surface area contributed by atoms with Gasteiger partial charge in [0.2, 0.25) is 0 Å². The standard InChI is InChI=1S/C27H26N2O4S/c1-27(2,3)19-14-12-18(13-15-19)26(32)28-16-25(31)33-17-24(30)29-20-8-4-6-10-22(20)34-23-11-7-5-9-21(23)29/h4-15H,16-17H2,1-3H3,(H,28,32). The molecule has 0 atom stereocenters. The number of para-hydroxylation sites is 2. The number of hydrogen-bond acceptors (Lipinski definition) is 5. The quantitative estimate of drug-likeness (QED) is 0.522. The lowest BCUT2D eigenvalue weighted by atomic mass is 9.87. The van der Waals surface area contributed by atoms with Crippen molar-refractivity contribution >= 4 is 40.9 Å². The highest BCUT2D eigenvalue weighted by molar-refractivity contribution is 7.99. The van der Waals surface area contributed by atoms with Crippen molar-refractivity contribution in [3.63, 3.8) is 0 Å². The number of nitrogens with zero attached hydrogens (tertiary/aromatic N) is 1. The number of hydrogen-bond donors (Lipinski definition) is 1. The molecule has 0 aliphatic carbocycles. The molecule has 1 aliphatic heterocycles. The van der Waals surface area contributed by atoms with Crippen molar-refractivity contribution in [2.75, 3.05) is 18.1 Å². The Kier molecular flexibility index (Phi) is 6.75. The van der Waals surface area contributed by atoms with Gasteiger partial charge in [-0.3, -0.25) is 19.3 Å². The summed E-state index contributed by atoms with van der Waals surface area (Å²) < 4.78 is 5.19. The van der Waals surface area contributed by atoms with Gasteiger partial charge in [-0.15, -0.1) is 0 Å². The van der Waals surface area contributed by atoms with Gasteiger partial charge in [0.15, 0.2) is 6.61 Å². The van der Waals surface area contributed by atoms with Gasteiger partial charge in [-0.25, -0.2) is 0 Å². The second-order valence-electron chi connectivity index (χ2n) is 8.94. The zero-order chi connectivity index (χ0) is 24.3. The van der Waals surface area contributed by atoms with Gasteiger partial charge in [-0.2, -0.15) is 0 Å². The summed E-state index contributed by atoms with van der Waals surface area (Å²) in [5.74, 6) is -1.42. The Bertz CT molecular complexity index is 1190. The van der Waals surface area contributed by atoms with Gasteiger partial charge in [-0.1, -0.05) is 68.9 Å². The van der Waals surface area contributed by atoms with E-state index >= 15 is 0 Å². The molecule has 0 unspecified atom stereocenters. The first-order chi connectivity index (χ1) is 16.2. The van der Waals surface area contributed by atoms with E-state index in [1.165, 1.54) is 0 Å². The first kappa shape index (κ1) is 23.6. The average Bonchev–Trinajstić information content (AvgIpc) is 2.83. The fraction of sp³-hybridized carbons (Fsp3) is 0.222. The van der Waals surface area contributed by atoms with Crippen molar-refractivity contribution in [3.05, 3.63) is 83.9 Å². The molecule has 6 nitrogen and oxygen atoms in total. The van der Waals surface area contributed by atoms with Crippen molar-refractivity contribution in [3.8, 4) is 0 Å². The van der Waals surface area contributed by atoms with Crippen LogP contribution in [0.1, 0.15) is 36.7 Å². The molecule has 0 radical (unpaired) electrons. The Hall–Kier alpha value is -3.58. The molecule has 1 aliphatic rings. The molecule has 0 fully saturated rings. The summed E-state index contributed by atoms with van der Waals surface area (Å²) in [6.45, 7) is 5.54. The van der Waals surface area contributed by atoms with Crippen molar-refractivity contribution in [1.29, 1.82) is 0 Å². The third-order valence-electron chi connectivity index (χ3n) is 5.44. The van der Waals surface area contributed by atoms with Gasteiger partial charge >= 0.3 is 5.97 Å². The van der Waals surface area contributed by atoms with E-state index in [0.717, 1.165) is 26.7 Å². The van der Waals surface area contributed by atoms with Crippen molar-refractivity contribution < 1.29 is 19.1 Å². The number of benzene rings is 3. The summed E-state index contributed by atoms with van der Waals surface area (Å²) in [7, 11) is 0. The first-order valence-corrected chi connectivity index (χ1v) is 11.8. The first-order valence-electron chi connectivity index (χ1n) is 11.0. The highest BCUT2D eigenvalue weighted by Gasteiger charge is 2.28. The van der Waals surface area contributed by atoms with Crippen LogP contribution in [0.2, 0.25) is 0 Å². The molecule has 2 amide bonds. The summed E-state index contributed by atoms with van der Waals surface area (Å²) in [6.07, 6.45) is 0. The number of esters is 1. The smallest absolute Gasteiger partial charge is 0.325 e. The molecule has 3 aromatic rings.